The predicted molar refractivity (Wildman–Crippen MR) is 86.6 cm³/mol. The van der Waals surface area contributed by atoms with E-state index in [1.807, 2.05) is 0 Å². The van der Waals surface area contributed by atoms with E-state index < -0.39 is 21.1 Å². The third-order valence-corrected chi connectivity index (χ3v) is 4.09. The Morgan fingerprint density at radius 3 is 2.30 bits per heavy atom. The first-order valence-electron chi connectivity index (χ1n) is 7.06. The molecule has 0 aromatic heterocycles. The van der Waals surface area contributed by atoms with Crippen molar-refractivity contribution in [3.63, 3.8) is 0 Å². The fourth-order valence-electron chi connectivity index (χ4n) is 2.05. The Bertz CT molecular complexity index is 636. The first-order chi connectivity index (χ1) is 10.8. The van der Waals surface area contributed by atoms with Crippen molar-refractivity contribution in [3.05, 3.63) is 22.2 Å². The maximum atomic E-state index is 12.1. The number of hydrogen-bond acceptors (Lipinski definition) is 5. The van der Waals surface area contributed by atoms with Crippen LogP contribution in [0.3, 0.4) is 0 Å². The molecule has 1 aliphatic rings. The van der Waals surface area contributed by atoms with Gasteiger partial charge in [0, 0.05) is 6.07 Å². The van der Waals surface area contributed by atoms with Gasteiger partial charge in [0.05, 0.1) is 30.1 Å². The summed E-state index contributed by atoms with van der Waals surface area (Å²) >= 11 is 11.7. The summed E-state index contributed by atoms with van der Waals surface area (Å²) in [6.45, 7) is 4.20. The number of alkyl halides is 2. The normalized spacial score (nSPS) is 18.2. The van der Waals surface area contributed by atoms with Gasteiger partial charge < -0.3 is 14.8 Å². The van der Waals surface area contributed by atoms with E-state index >= 15 is 0 Å². The molecule has 23 heavy (non-hydrogen) atoms. The molecule has 7 nitrogen and oxygen atoms in total. The lowest BCUT2D eigenvalue weighted by Crippen LogP contribution is -2.18. The number of ether oxygens (including phenoxy) is 2. The summed E-state index contributed by atoms with van der Waals surface area (Å²) in [5.74, 6) is -0.499. The highest BCUT2D eigenvalue weighted by Crippen LogP contribution is 2.53. The first kappa shape index (κ1) is 17.6. The molecule has 0 aliphatic heterocycles. The highest BCUT2D eigenvalue weighted by atomic mass is 35.5. The number of carbonyl (C=O) groups excluding carboxylic acids is 1. The van der Waals surface area contributed by atoms with E-state index in [2.05, 4.69) is 5.32 Å². The summed E-state index contributed by atoms with van der Waals surface area (Å²) < 4.78 is 9.66. The van der Waals surface area contributed by atoms with Crippen LogP contribution in [0.1, 0.15) is 20.3 Å². The smallest absolute Gasteiger partial charge is 0.296 e. The van der Waals surface area contributed by atoms with Crippen molar-refractivity contribution in [2.45, 2.75) is 24.6 Å². The second-order valence-electron chi connectivity index (χ2n) is 4.95. The van der Waals surface area contributed by atoms with E-state index in [1.165, 1.54) is 12.1 Å². The Balaban J connectivity index is 2.34. The van der Waals surface area contributed by atoms with Gasteiger partial charge in [-0.15, -0.1) is 23.2 Å². The maximum absolute atomic E-state index is 12.1. The van der Waals surface area contributed by atoms with Crippen molar-refractivity contribution in [3.8, 4) is 11.5 Å². The van der Waals surface area contributed by atoms with Crippen molar-refractivity contribution in [1.82, 2.24) is 0 Å². The lowest BCUT2D eigenvalue weighted by molar-refractivity contribution is -0.384. The molecule has 1 amide bonds. The van der Waals surface area contributed by atoms with Crippen LogP contribution in [0.5, 0.6) is 11.5 Å². The predicted octanol–water partition coefficient (Wildman–Crippen LogP) is 3.52. The maximum Gasteiger partial charge on any atom is 0.296 e. The van der Waals surface area contributed by atoms with Gasteiger partial charge in [-0.05, 0) is 20.3 Å². The molecule has 9 heteroatoms. The molecule has 0 saturated heterocycles. The molecule has 1 N–H and O–H groups in total. The van der Waals surface area contributed by atoms with Crippen molar-refractivity contribution in [2.24, 2.45) is 5.92 Å². The molecule has 1 unspecified atom stereocenters. The number of nitrogens with zero attached hydrogens (tertiary/aromatic N) is 1. The summed E-state index contributed by atoms with van der Waals surface area (Å²) in [7, 11) is 0. The Labute approximate surface area is 143 Å². The molecule has 2 rings (SSSR count). The van der Waals surface area contributed by atoms with E-state index in [9.17, 15) is 14.9 Å². The molecule has 1 atom stereocenters. The van der Waals surface area contributed by atoms with E-state index in [4.69, 9.17) is 32.7 Å². The Kier molecular flexibility index (Phi) is 5.21. The molecule has 1 fully saturated rings. The SMILES string of the molecule is CCOc1cc(NC(=O)C2CC2(Cl)Cl)c([N+](=O)[O-])cc1OCC. The summed E-state index contributed by atoms with van der Waals surface area (Å²) in [6.07, 6.45) is 0.311. The monoisotopic (exact) mass is 362 g/mol. The van der Waals surface area contributed by atoms with Crippen LogP contribution in [0, 0.1) is 16.0 Å². The number of nitrogens with one attached hydrogen (secondary N) is 1. The average molecular weight is 363 g/mol. The molecule has 0 radical (unpaired) electrons. The van der Waals surface area contributed by atoms with E-state index in [1.54, 1.807) is 13.8 Å². The fraction of sp³-hybridized carbons (Fsp3) is 0.500. The highest BCUT2D eigenvalue weighted by Gasteiger charge is 2.56. The molecule has 0 spiro atoms. The van der Waals surface area contributed by atoms with Gasteiger partial charge in [0.1, 0.15) is 10.0 Å². The molecule has 0 bridgehead atoms. The van der Waals surface area contributed by atoms with Gasteiger partial charge in [-0.1, -0.05) is 0 Å². The largest absolute Gasteiger partial charge is 0.490 e. The zero-order chi connectivity index (χ0) is 17.2. The summed E-state index contributed by atoms with van der Waals surface area (Å²) in [4.78, 5) is 22.7. The van der Waals surface area contributed by atoms with Crippen LogP contribution >= 0.6 is 23.2 Å². The summed E-state index contributed by atoms with van der Waals surface area (Å²) in [6, 6.07) is 2.60. The van der Waals surface area contributed by atoms with Crippen LogP contribution in [0.25, 0.3) is 0 Å². The van der Waals surface area contributed by atoms with Gasteiger partial charge >= 0.3 is 0 Å². The number of amides is 1. The van der Waals surface area contributed by atoms with Crippen LogP contribution in [0.4, 0.5) is 11.4 Å². The third-order valence-electron chi connectivity index (χ3n) is 3.26. The lowest BCUT2D eigenvalue weighted by Gasteiger charge is -2.13. The minimum absolute atomic E-state index is 0.0166. The van der Waals surface area contributed by atoms with Gasteiger partial charge in [-0.3, -0.25) is 14.9 Å². The van der Waals surface area contributed by atoms with Gasteiger partial charge in [0.2, 0.25) is 5.91 Å². The van der Waals surface area contributed by atoms with Crippen molar-refractivity contribution >= 4 is 40.5 Å². The van der Waals surface area contributed by atoms with Gasteiger partial charge in [-0.2, -0.15) is 0 Å². The Hall–Kier alpha value is -1.73. The molecule has 1 saturated carbocycles. The van der Waals surface area contributed by atoms with Crippen LogP contribution < -0.4 is 14.8 Å². The number of carbonyl (C=O) groups is 1. The zero-order valence-electron chi connectivity index (χ0n) is 12.6. The van der Waals surface area contributed by atoms with Crippen LogP contribution in [-0.2, 0) is 4.79 Å². The zero-order valence-corrected chi connectivity index (χ0v) is 14.1. The molecular weight excluding hydrogens is 347 g/mol. The Morgan fingerprint density at radius 2 is 1.87 bits per heavy atom. The number of rotatable bonds is 7. The van der Waals surface area contributed by atoms with Gasteiger partial charge in [0.15, 0.2) is 11.5 Å². The third kappa shape index (κ3) is 3.97. The number of halogens is 2. The number of benzene rings is 1. The number of nitro groups is 1. The van der Waals surface area contributed by atoms with Gasteiger partial charge in [-0.25, -0.2) is 0 Å². The van der Waals surface area contributed by atoms with Crippen LogP contribution in [0.15, 0.2) is 12.1 Å². The Morgan fingerprint density at radius 1 is 1.35 bits per heavy atom. The number of nitro benzene ring substituents is 1. The van der Waals surface area contributed by atoms with E-state index in [0.717, 1.165) is 0 Å². The second kappa shape index (κ2) is 6.80. The standard InChI is InChI=1S/C14H16Cl2N2O5/c1-3-22-11-5-9(17-13(19)8-7-14(8,15)16)10(18(20)21)6-12(11)23-4-2/h5-6,8H,3-4,7H2,1-2H3,(H,17,19). The topological polar surface area (TPSA) is 90.7 Å². The van der Waals surface area contributed by atoms with Crippen LogP contribution in [0.2, 0.25) is 0 Å². The fourth-order valence-corrected chi connectivity index (χ4v) is 2.56. The van der Waals surface area contributed by atoms with Gasteiger partial charge in [0.25, 0.3) is 5.69 Å². The molecule has 126 valence electrons. The minimum Gasteiger partial charge on any atom is -0.490 e. The molecule has 0 heterocycles. The first-order valence-corrected chi connectivity index (χ1v) is 7.82. The van der Waals surface area contributed by atoms with Crippen molar-refractivity contribution in [1.29, 1.82) is 0 Å². The quantitative estimate of drug-likeness (QED) is 0.455. The van der Waals surface area contributed by atoms with E-state index in [-0.39, 0.29) is 17.1 Å². The molecular formula is C14H16Cl2N2O5. The average Bonchev–Trinajstić information content (AvgIpc) is 3.10. The number of hydrogen-bond donors (Lipinski definition) is 1. The minimum atomic E-state index is -1.10. The number of anilines is 1. The molecule has 1 aromatic carbocycles. The summed E-state index contributed by atoms with van der Waals surface area (Å²) in [5, 5.41) is 13.7. The summed E-state index contributed by atoms with van der Waals surface area (Å²) in [5.41, 5.74) is -0.274. The molecule has 1 aliphatic carbocycles. The van der Waals surface area contributed by atoms with Crippen molar-refractivity contribution < 1.29 is 19.2 Å². The highest BCUT2D eigenvalue weighted by molar-refractivity contribution is 6.52. The van der Waals surface area contributed by atoms with Crippen molar-refractivity contribution in [2.75, 3.05) is 18.5 Å². The van der Waals surface area contributed by atoms with Crippen LogP contribution in [-0.4, -0.2) is 28.4 Å². The second-order valence-corrected chi connectivity index (χ2v) is 6.49. The molecule has 1 aromatic rings. The lowest BCUT2D eigenvalue weighted by atomic mass is 10.2. The van der Waals surface area contributed by atoms with E-state index in [0.29, 0.717) is 25.4 Å².